The highest BCUT2D eigenvalue weighted by molar-refractivity contribution is 5.91. The molecule has 2 aromatic heterocycles. The van der Waals surface area contributed by atoms with Crippen molar-refractivity contribution in [1.82, 2.24) is 14.8 Å². The van der Waals surface area contributed by atoms with Crippen molar-refractivity contribution in [3.8, 4) is 0 Å². The summed E-state index contributed by atoms with van der Waals surface area (Å²) in [4.78, 5) is 15.4. The van der Waals surface area contributed by atoms with Crippen LogP contribution < -0.4 is 0 Å². The van der Waals surface area contributed by atoms with Gasteiger partial charge >= 0.3 is 5.97 Å². The van der Waals surface area contributed by atoms with Crippen molar-refractivity contribution in [2.45, 2.75) is 33.7 Å². The van der Waals surface area contributed by atoms with E-state index in [9.17, 15) is 4.79 Å². The van der Waals surface area contributed by atoms with Crippen LogP contribution in [0.1, 0.15) is 44.2 Å². The van der Waals surface area contributed by atoms with E-state index in [1.807, 2.05) is 32.4 Å². The number of carbonyl (C=O) groups is 1. The van der Waals surface area contributed by atoms with Gasteiger partial charge in [0.1, 0.15) is 0 Å². The van der Waals surface area contributed by atoms with Gasteiger partial charge in [0, 0.05) is 17.6 Å². The first-order chi connectivity index (χ1) is 8.63. The summed E-state index contributed by atoms with van der Waals surface area (Å²) in [6, 6.07) is 1.94. The highest BCUT2D eigenvalue weighted by Gasteiger charge is 2.11. The van der Waals surface area contributed by atoms with Gasteiger partial charge in [-0.25, -0.2) is 9.78 Å². The minimum absolute atomic E-state index is 0.241. The second-order valence-electron chi connectivity index (χ2n) is 3.80. The molecule has 0 bridgehead atoms. The Morgan fingerprint density at radius 1 is 1.33 bits per heavy atom. The van der Waals surface area contributed by atoms with Gasteiger partial charge in [0.25, 0.3) is 0 Å². The van der Waals surface area contributed by atoms with Gasteiger partial charge < -0.3 is 4.74 Å². The fourth-order valence-electron chi connectivity index (χ4n) is 1.57. The average Bonchev–Trinajstić information content (AvgIpc) is 2.83. The molecule has 0 spiro atoms. The molecule has 0 atom stereocenters. The van der Waals surface area contributed by atoms with Crippen LogP contribution in [0, 0.1) is 0 Å². The number of rotatable bonds is 2. The third-order valence-electron chi connectivity index (χ3n) is 2.36. The molecule has 0 radical (unpaired) electrons. The van der Waals surface area contributed by atoms with Crippen LogP contribution in [0.25, 0.3) is 10.9 Å². The molecule has 2 rings (SSSR count). The van der Waals surface area contributed by atoms with Crippen molar-refractivity contribution in [1.29, 1.82) is 0 Å². The summed E-state index contributed by atoms with van der Waals surface area (Å²) in [5.74, 6) is -0.432. The maximum atomic E-state index is 11.3. The van der Waals surface area contributed by atoms with Gasteiger partial charge in [-0.15, -0.1) is 0 Å². The topological polar surface area (TPSA) is 57.0 Å². The summed E-state index contributed by atoms with van der Waals surface area (Å²) < 4.78 is 6.48. The second-order valence-corrected chi connectivity index (χ2v) is 3.80. The molecule has 5 nitrogen and oxygen atoms in total. The summed E-state index contributed by atoms with van der Waals surface area (Å²) in [7, 11) is 1.34. The molecule has 0 aromatic carbocycles. The van der Waals surface area contributed by atoms with Crippen molar-refractivity contribution in [2.75, 3.05) is 7.11 Å². The number of fused-ring (bicyclic) bond motifs is 1. The molecule has 5 heteroatoms. The lowest BCUT2D eigenvalue weighted by molar-refractivity contribution is 0.0594. The van der Waals surface area contributed by atoms with E-state index >= 15 is 0 Å². The fourth-order valence-corrected chi connectivity index (χ4v) is 1.57. The van der Waals surface area contributed by atoms with Gasteiger partial charge in [-0.05, 0) is 19.9 Å². The summed E-state index contributed by atoms with van der Waals surface area (Å²) in [5, 5.41) is 5.16. The first-order valence-corrected chi connectivity index (χ1v) is 6.05. The van der Waals surface area contributed by atoms with Crippen LogP contribution in [0.3, 0.4) is 0 Å². The molecule has 0 fully saturated rings. The van der Waals surface area contributed by atoms with Crippen molar-refractivity contribution < 1.29 is 9.53 Å². The Bertz CT molecular complexity index is 532. The Morgan fingerprint density at radius 2 is 2.00 bits per heavy atom. The zero-order chi connectivity index (χ0) is 13.7. The van der Waals surface area contributed by atoms with Crippen LogP contribution in [0.15, 0.2) is 18.5 Å². The molecule has 98 valence electrons. The van der Waals surface area contributed by atoms with E-state index in [4.69, 9.17) is 0 Å². The smallest absolute Gasteiger partial charge is 0.356 e. The Morgan fingerprint density at radius 3 is 2.56 bits per heavy atom. The zero-order valence-electron chi connectivity index (χ0n) is 11.5. The lowest BCUT2D eigenvalue weighted by Crippen LogP contribution is -2.06. The summed E-state index contributed by atoms with van der Waals surface area (Å²) in [6.45, 7) is 8.06. The fraction of sp³-hybridized carbons (Fsp3) is 0.462. The number of aromatic nitrogens is 3. The molecular weight excluding hydrogens is 230 g/mol. The maximum Gasteiger partial charge on any atom is 0.356 e. The summed E-state index contributed by atoms with van der Waals surface area (Å²) in [6.07, 6.45) is 3.37. The molecule has 2 heterocycles. The van der Waals surface area contributed by atoms with Crippen LogP contribution >= 0.6 is 0 Å². The number of hydrogen-bond donors (Lipinski definition) is 0. The van der Waals surface area contributed by atoms with Gasteiger partial charge in [0.15, 0.2) is 5.69 Å². The van der Waals surface area contributed by atoms with Gasteiger partial charge in [0.2, 0.25) is 0 Å². The number of methoxy groups -OCH3 is 1. The quantitative estimate of drug-likeness (QED) is 0.768. The van der Waals surface area contributed by atoms with Crippen molar-refractivity contribution in [2.24, 2.45) is 0 Å². The number of ether oxygens (including phenoxy) is 1. The monoisotopic (exact) mass is 249 g/mol. The van der Waals surface area contributed by atoms with Crippen molar-refractivity contribution in [3.63, 3.8) is 0 Å². The van der Waals surface area contributed by atoms with E-state index in [2.05, 4.69) is 14.8 Å². The first kappa shape index (κ1) is 14.2. The Labute approximate surface area is 107 Å². The van der Waals surface area contributed by atoms with E-state index in [0.29, 0.717) is 5.69 Å². The zero-order valence-corrected chi connectivity index (χ0v) is 11.5. The SMILES string of the molecule is CC.COC(=O)c1cc2c(cn1)cnn2C(C)C. The van der Waals surface area contributed by atoms with E-state index < -0.39 is 5.97 Å². The summed E-state index contributed by atoms with van der Waals surface area (Å²) in [5.41, 5.74) is 1.20. The summed E-state index contributed by atoms with van der Waals surface area (Å²) >= 11 is 0. The molecule has 18 heavy (non-hydrogen) atoms. The normalized spacial score (nSPS) is 10.1. The molecule has 0 aliphatic carbocycles. The highest BCUT2D eigenvalue weighted by atomic mass is 16.5. The van der Waals surface area contributed by atoms with Crippen LogP contribution in [0.4, 0.5) is 0 Å². The Hall–Kier alpha value is -1.91. The molecule has 0 aliphatic heterocycles. The minimum atomic E-state index is -0.432. The Kier molecular flexibility index (Phi) is 4.83. The van der Waals surface area contributed by atoms with Gasteiger partial charge in [-0.3, -0.25) is 4.68 Å². The molecule has 0 saturated carbocycles. The third kappa shape index (κ3) is 2.67. The lowest BCUT2D eigenvalue weighted by atomic mass is 10.2. The molecule has 2 aromatic rings. The van der Waals surface area contributed by atoms with Gasteiger partial charge in [0.05, 0.1) is 18.8 Å². The van der Waals surface area contributed by atoms with Crippen LogP contribution in [-0.4, -0.2) is 27.8 Å². The standard InChI is InChI=1S/C11H13N3O2.C2H6/c1-7(2)14-10-4-9(11(15)16-3)12-5-8(10)6-13-14;1-2/h4-7H,1-3H3;1-2H3. The van der Waals surface area contributed by atoms with Gasteiger partial charge in [-0.2, -0.15) is 5.10 Å². The van der Waals surface area contributed by atoms with Gasteiger partial charge in [-0.1, -0.05) is 13.8 Å². The van der Waals surface area contributed by atoms with E-state index in [1.54, 1.807) is 18.5 Å². The van der Waals surface area contributed by atoms with Crippen LogP contribution in [-0.2, 0) is 4.74 Å². The molecular formula is C13H19N3O2. The number of carbonyl (C=O) groups excluding carboxylic acids is 1. The van der Waals surface area contributed by atoms with Crippen molar-refractivity contribution in [3.05, 3.63) is 24.2 Å². The van der Waals surface area contributed by atoms with E-state index in [-0.39, 0.29) is 6.04 Å². The highest BCUT2D eigenvalue weighted by Crippen LogP contribution is 2.17. The largest absolute Gasteiger partial charge is 0.464 e. The number of pyridine rings is 1. The number of hydrogen-bond acceptors (Lipinski definition) is 4. The predicted octanol–water partition coefficient (Wildman–Crippen LogP) is 2.83. The Balaban J connectivity index is 0.000000771. The third-order valence-corrected chi connectivity index (χ3v) is 2.36. The second kappa shape index (κ2) is 6.14. The molecule has 0 N–H and O–H groups in total. The van der Waals surface area contributed by atoms with Crippen LogP contribution in [0.5, 0.6) is 0 Å². The predicted molar refractivity (Wildman–Crippen MR) is 70.6 cm³/mol. The number of esters is 1. The average molecular weight is 249 g/mol. The molecule has 0 aliphatic rings. The lowest BCUT2D eigenvalue weighted by Gasteiger charge is -2.07. The van der Waals surface area contributed by atoms with E-state index in [1.165, 1.54) is 7.11 Å². The van der Waals surface area contributed by atoms with Crippen molar-refractivity contribution >= 4 is 16.9 Å². The van der Waals surface area contributed by atoms with E-state index in [0.717, 1.165) is 10.9 Å². The number of nitrogens with zero attached hydrogens (tertiary/aromatic N) is 3. The molecule has 0 unspecified atom stereocenters. The van der Waals surface area contributed by atoms with Crippen LogP contribution in [0.2, 0.25) is 0 Å². The first-order valence-electron chi connectivity index (χ1n) is 6.05. The molecule has 0 amide bonds. The minimum Gasteiger partial charge on any atom is -0.464 e. The maximum absolute atomic E-state index is 11.3. The molecule has 0 saturated heterocycles.